The summed E-state index contributed by atoms with van der Waals surface area (Å²) in [6, 6.07) is 10.4. The Hall–Kier alpha value is -2.80. The summed E-state index contributed by atoms with van der Waals surface area (Å²) < 4.78 is 10.2. The standard InChI is InChI=1S/C19H23N3O4/c1-25-16-6-4-15(5-7-16)18(23)20-8-9-21-10-12-22(13-11-21)19(24)17-3-2-14-26-17/h2-7,14H,8-13H2,1H3,(H,20,23). The SMILES string of the molecule is COc1ccc(C(=O)NCCN2CCN(C(=O)c3ccco3)CC2)cc1. The Kier molecular flexibility index (Phi) is 5.91. The summed E-state index contributed by atoms with van der Waals surface area (Å²) in [5, 5.41) is 2.92. The van der Waals surface area contributed by atoms with Crippen LogP contribution in [0.5, 0.6) is 5.75 Å². The van der Waals surface area contributed by atoms with Crippen molar-refractivity contribution in [3.63, 3.8) is 0 Å². The van der Waals surface area contributed by atoms with Crippen molar-refractivity contribution in [3.05, 3.63) is 54.0 Å². The van der Waals surface area contributed by atoms with Gasteiger partial charge in [0.15, 0.2) is 5.76 Å². The van der Waals surface area contributed by atoms with Crippen LogP contribution in [0.1, 0.15) is 20.9 Å². The van der Waals surface area contributed by atoms with Gasteiger partial charge in [-0.05, 0) is 36.4 Å². The van der Waals surface area contributed by atoms with E-state index in [2.05, 4.69) is 10.2 Å². The van der Waals surface area contributed by atoms with Crippen LogP contribution < -0.4 is 10.1 Å². The van der Waals surface area contributed by atoms with Crippen LogP contribution in [0.25, 0.3) is 0 Å². The van der Waals surface area contributed by atoms with Crippen molar-refractivity contribution in [2.24, 2.45) is 0 Å². The molecule has 0 radical (unpaired) electrons. The number of piperazine rings is 1. The van der Waals surface area contributed by atoms with Gasteiger partial charge < -0.3 is 19.4 Å². The highest BCUT2D eigenvalue weighted by Crippen LogP contribution is 2.11. The van der Waals surface area contributed by atoms with Crippen LogP contribution in [0.15, 0.2) is 47.1 Å². The van der Waals surface area contributed by atoms with Gasteiger partial charge in [0.05, 0.1) is 13.4 Å². The third kappa shape index (κ3) is 4.43. The highest BCUT2D eigenvalue weighted by molar-refractivity contribution is 5.94. The normalized spacial score (nSPS) is 14.9. The van der Waals surface area contributed by atoms with E-state index in [1.165, 1.54) is 6.26 Å². The second-order valence-corrected chi connectivity index (χ2v) is 6.10. The topological polar surface area (TPSA) is 75.0 Å². The zero-order valence-electron chi connectivity index (χ0n) is 14.8. The maximum atomic E-state index is 12.2. The summed E-state index contributed by atoms with van der Waals surface area (Å²) in [6.07, 6.45) is 1.51. The maximum absolute atomic E-state index is 12.2. The first-order valence-electron chi connectivity index (χ1n) is 8.65. The number of hydrogen-bond acceptors (Lipinski definition) is 5. The number of benzene rings is 1. The molecule has 1 saturated heterocycles. The monoisotopic (exact) mass is 357 g/mol. The molecule has 7 nitrogen and oxygen atoms in total. The zero-order valence-corrected chi connectivity index (χ0v) is 14.8. The van der Waals surface area contributed by atoms with E-state index in [0.717, 1.165) is 25.4 Å². The lowest BCUT2D eigenvalue weighted by atomic mass is 10.2. The number of nitrogens with zero attached hydrogens (tertiary/aromatic N) is 2. The second kappa shape index (κ2) is 8.53. The van der Waals surface area contributed by atoms with E-state index >= 15 is 0 Å². The lowest BCUT2D eigenvalue weighted by Gasteiger charge is -2.34. The number of methoxy groups -OCH3 is 1. The minimum absolute atomic E-state index is 0.0672. The Morgan fingerprint density at radius 3 is 2.46 bits per heavy atom. The van der Waals surface area contributed by atoms with E-state index in [9.17, 15) is 9.59 Å². The number of carbonyl (C=O) groups excluding carboxylic acids is 2. The van der Waals surface area contributed by atoms with E-state index in [1.807, 2.05) is 0 Å². The minimum Gasteiger partial charge on any atom is -0.497 e. The first-order chi connectivity index (χ1) is 12.7. The van der Waals surface area contributed by atoms with Crippen LogP contribution in [0, 0.1) is 0 Å². The molecule has 1 aromatic heterocycles. The number of furan rings is 1. The zero-order chi connectivity index (χ0) is 18.4. The Labute approximate surface area is 152 Å². The molecule has 138 valence electrons. The summed E-state index contributed by atoms with van der Waals surface area (Å²) in [4.78, 5) is 28.4. The molecule has 1 aliphatic heterocycles. The van der Waals surface area contributed by atoms with Crippen molar-refractivity contribution >= 4 is 11.8 Å². The molecule has 0 aliphatic carbocycles. The third-order valence-corrected chi connectivity index (χ3v) is 4.46. The van der Waals surface area contributed by atoms with Crippen LogP contribution in [-0.2, 0) is 0 Å². The summed E-state index contributed by atoms with van der Waals surface area (Å²) in [7, 11) is 1.59. The molecule has 0 saturated carbocycles. The molecule has 1 aliphatic rings. The van der Waals surface area contributed by atoms with Gasteiger partial charge in [0, 0.05) is 44.8 Å². The number of carbonyl (C=O) groups is 2. The predicted molar refractivity (Wildman–Crippen MR) is 96.4 cm³/mol. The summed E-state index contributed by atoms with van der Waals surface area (Å²) >= 11 is 0. The highest BCUT2D eigenvalue weighted by Gasteiger charge is 2.23. The number of amides is 2. The predicted octanol–water partition coefficient (Wildman–Crippen LogP) is 1.48. The lowest BCUT2D eigenvalue weighted by Crippen LogP contribution is -2.50. The van der Waals surface area contributed by atoms with Crippen molar-refractivity contribution in [2.45, 2.75) is 0 Å². The molecule has 2 heterocycles. The fourth-order valence-electron chi connectivity index (χ4n) is 2.90. The smallest absolute Gasteiger partial charge is 0.289 e. The van der Waals surface area contributed by atoms with Gasteiger partial charge in [-0.1, -0.05) is 0 Å². The van der Waals surface area contributed by atoms with Gasteiger partial charge in [0.2, 0.25) is 0 Å². The van der Waals surface area contributed by atoms with Gasteiger partial charge in [-0.2, -0.15) is 0 Å². The number of hydrogen-bond donors (Lipinski definition) is 1. The van der Waals surface area contributed by atoms with E-state index in [-0.39, 0.29) is 11.8 Å². The Bertz CT molecular complexity index is 720. The quantitative estimate of drug-likeness (QED) is 0.848. The third-order valence-electron chi connectivity index (χ3n) is 4.46. The van der Waals surface area contributed by atoms with Crippen LogP contribution >= 0.6 is 0 Å². The molecule has 0 bridgehead atoms. The molecule has 0 unspecified atom stereocenters. The molecule has 1 aromatic carbocycles. The first kappa shape index (κ1) is 18.0. The average Bonchev–Trinajstić information content (AvgIpc) is 3.23. The van der Waals surface area contributed by atoms with Gasteiger partial charge in [0.25, 0.3) is 11.8 Å². The van der Waals surface area contributed by atoms with Crippen molar-refractivity contribution in [2.75, 3.05) is 46.4 Å². The maximum Gasteiger partial charge on any atom is 0.289 e. The number of nitrogens with one attached hydrogen (secondary N) is 1. The van der Waals surface area contributed by atoms with Gasteiger partial charge in [-0.15, -0.1) is 0 Å². The van der Waals surface area contributed by atoms with Crippen molar-refractivity contribution in [1.82, 2.24) is 15.1 Å². The fourth-order valence-corrected chi connectivity index (χ4v) is 2.90. The molecule has 3 rings (SSSR count). The molecule has 2 amide bonds. The molecule has 0 spiro atoms. The molecular weight excluding hydrogens is 334 g/mol. The van der Waals surface area contributed by atoms with E-state index in [1.54, 1.807) is 48.4 Å². The van der Waals surface area contributed by atoms with E-state index < -0.39 is 0 Å². The Morgan fingerprint density at radius 2 is 1.85 bits per heavy atom. The highest BCUT2D eigenvalue weighted by atomic mass is 16.5. The minimum atomic E-state index is -0.0979. The molecule has 1 N–H and O–H groups in total. The van der Waals surface area contributed by atoms with Gasteiger partial charge in [0.1, 0.15) is 5.75 Å². The van der Waals surface area contributed by atoms with Crippen LogP contribution in [0.2, 0.25) is 0 Å². The summed E-state index contributed by atoms with van der Waals surface area (Å²) in [5.41, 5.74) is 0.611. The molecular formula is C19H23N3O4. The number of ether oxygens (including phenoxy) is 1. The van der Waals surface area contributed by atoms with Crippen molar-refractivity contribution < 1.29 is 18.7 Å². The van der Waals surface area contributed by atoms with Gasteiger partial charge in [-0.3, -0.25) is 14.5 Å². The molecule has 26 heavy (non-hydrogen) atoms. The van der Waals surface area contributed by atoms with Crippen LogP contribution in [0.4, 0.5) is 0 Å². The molecule has 2 aromatic rings. The molecule has 1 fully saturated rings. The average molecular weight is 357 g/mol. The number of rotatable bonds is 6. The molecule has 0 atom stereocenters. The fraction of sp³-hybridized carbons (Fsp3) is 0.368. The summed E-state index contributed by atoms with van der Waals surface area (Å²) in [5.74, 6) is 0.940. The largest absolute Gasteiger partial charge is 0.497 e. The van der Waals surface area contributed by atoms with E-state index in [4.69, 9.17) is 9.15 Å². The van der Waals surface area contributed by atoms with Crippen molar-refractivity contribution in [1.29, 1.82) is 0 Å². The Morgan fingerprint density at radius 1 is 1.12 bits per heavy atom. The van der Waals surface area contributed by atoms with E-state index in [0.29, 0.717) is 31.0 Å². The van der Waals surface area contributed by atoms with Crippen LogP contribution in [0.3, 0.4) is 0 Å². The lowest BCUT2D eigenvalue weighted by molar-refractivity contribution is 0.0607. The van der Waals surface area contributed by atoms with Gasteiger partial charge >= 0.3 is 0 Å². The van der Waals surface area contributed by atoms with Gasteiger partial charge in [-0.25, -0.2) is 0 Å². The second-order valence-electron chi connectivity index (χ2n) is 6.10. The summed E-state index contributed by atoms with van der Waals surface area (Å²) in [6.45, 7) is 4.20. The first-order valence-corrected chi connectivity index (χ1v) is 8.65. The Balaban J connectivity index is 1.38. The van der Waals surface area contributed by atoms with Crippen molar-refractivity contribution in [3.8, 4) is 5.75 Å². The van der Waals surface area contributed by atoms with Crippen LogP contribution in [-0.4, -0.2) is 68.0 Å². The molecule has 7 heteroatoms.